The van der Waals surface area contributed by atoms with Gasteiger partial charge in [0.15, 0.2) is 0 Å². The molecule has 0 unspecified atom stereocenters. The van der Waals surface area contributed by atoms with E-state index >= 15 is 0 Å². The monoisotopic (exact) mass is 343 g/mol. The average Bonchev–Trinajstić information content (AvgIpc) is 3.12. The molecule has 1 saturated heterocycles. The van der Waals surface area contributed by atoms with E-state index in [0.717, 1.165) is 35.6 Å². The molecule has 7 heteroatoms. The predicted octanol–water partition coefficient (Wildman–Crippen LogP) is 1.61. The highest BCUT2D eigenvalue weighted by Gasteiger charge is 2.28. The first-order valence-corrected chi connectivity index (χ1v) is 8.72. The second kappa shape index (κ2) is 6.82. The van der Waals surface area contributed by atoms with Crippen molar-refractivity contribution in [2.24, 2.45) is 0 Å². The molecule has 0 saturated carbocycles. The fourth-order valence-corrected chi connectivity index (χ4v) is 3.70. The van der Waals surface area contributed by atoms with Crippen molar-refractivity contribution >= 4 is 5.91 Å². The van der Waals surface area contributed by atoms with Gasteiger partial charge in [0.05, 0.1) is 11.7 Å². The topological polar surface area (TPSA) is 83.9 Å². The van der Waals surface area contributed by atoms with Gasteiger partial charge in [-0.2, -0.15) is 10.1 Å². The maximum atomic E-state index is 12.6. The standard InChI is InChI=1S/C18H25N5O2/c1-11-9-12(2)23(21-11)15-7-8-22(10-15)17(24)6-5-16-13(3)19-18(25)20-14(16)4/h9,15H,5-8,10H2,1-4H3,(H,19,20,25)/t15-/m0/s1. The maximum absolute atomic E-state index is 12.6. The summed E-state index contributed by atoms with van der Waals surface area (Å²) in [5.41, 5.74) is 4.28. The summed E-state index contributed by atoms with van der Waals surface area (Å²) in [5.74, 6) is 0.147. The minimum atomic E-state index is -0.336. The Morgan fingerprint density at radius 2 is 2.08 bits per heavy atom. The van der Waals surface area contributed by atoms with Gasteiger partial charge in [-0.05, 0) is 52.2 Å². The number of aryl methyl sites for hydroxylation is 4. The first-order valence-electron chi connectivity index (χ1n) is 8.72. The minimum absolute atomic E-state index is 0.147. The molecule has 7 nitrogen and oxygen atoms in total. The molecular weight excluding hydrogens is 318 g/mol. The molecule has 2 aromatic heterocycles. The highest BCUT2D eigenvalue weighted by molar-refractivity contribution is 5.76. The molecule has 0 aliphatic carbocycles. The van der Waals surface area contributed by atoms with E-state index in [1.807, 2.05) is 30.4 Å². The third-order valence-corrected chi connectivity index (χ3v) is 4.95. The summed E-state index contributed by atoms with van der Waals surface area (Å²) < 4.78 is 2.04. The fraction of sp³-hybridized carbons (Fsp3) is 0.556. The lowest BCUT2D eigenvalue weighted by Gasteiger charge is -2.18. The number of nitrogens with one attached hydrogen (secondary N) is 1. The lowest BCUT2D eigenvalue weighted by atomic mass is 10.1. The Hall–Kier alpha value is -2.44. The number of amides is 1. The summed E-state index contributed by atoms with van der Waals surface area (Å²) in [6.45, 7) is 9.19. The Morgan fingerprint density at radius 3 is 2.72 bits per heavy atom. The van der Waals surface area contributed by atoms with Crippen LogP contribution in [0.4, 0.5) is 0 Å². The summed E-state index contributed by atoms with van der Waals surface area (Å²) in [5, 5.41) is 4.55. The van der Waals surface area contributed by atoms with Crippen molar-refractivity contribution in [3.05, 3.63) is 44.9 Å². The number of aromatic nitrogens is 4. The molecule has 1 aliphatic heterocycles. The Labute approximate surface area is 147 Å². The summed E-state index contributed by atoms with van der Waals surface area (Å²) in [6, 6.07) is 2.33. The van der Waals surface area contributed by atoms with Crippen LogP contribution < -0.4 is 5.69 Å². The second-order valence-electron chi connectivity index (χ2n) is 6.88. The molecule has 0 aromatic carbocycles. The first-order chi connectivity index (χ1) is 11.8. The van der Waals surface area contributed by atoms with Crippen LogP contribution in [-0.2, 0) is 11.2 Å². The zero-order valence-electron chi connectivity index (χ0n) is 15.3. The first kappa shape index (κ1) is 17.4. The molecule has 134 valence electrons. The fourth-order valence-electron chi connectivity index (χ4n) is 3.70. The van der Waals surface area contributed by atoms with Crippen molar-refractivity contribution in [1.82, 2.24) is 24.6 Å². The van der Waals surface area contributed by atoms with E-state index in [-0.39, 0.29) is 17.6 Å². The van der Waals surface area contributed by atoms with Crippen LogP contribution in [0.25, 0.3) is 0 Å². The van der Waals surface area contributed by atoms with Gasteiger partial charge in [-0.3, -0.25) is 9.48 Å². The summed E-state index contributed by atoms with van der Waals surface area (Å²) in [7, 11) is 0. The average molecular weight is 343 g/mol. The summed E-state index contributed by atoms with van der Waals surface area (Å²) in [6.07, 6.45) is 1.96. The third kappa shape index (κ3) is 3.65. The van der Waals surface area contributed by atoms with Crippen molar-refractivity contribution in [1.29, 1.82) is 0 Å². The van der Waals surface area contributed by atoms with Crippen LogP contribution in [0.2, 0.25) is 0 Å². The molecule has 3 rings (SSSR count). The SMILES string of the molecule is Cc1cc(C)n([C@H]2CCN(C(=O)CCc3c(C)nc(=O)[nH]c3C)C2)n1. The molecule has 1 fully saturated rings. The zero-order chi connectivity index (χ0) is 18.1. The number of carbonyl (C=O) groups is 1. The molecule has 3 heterocycles. The highest BCUT2D eigenvalue weighted by Crippen LogP contribution is 2.24. The maximum Gasteiger partial charge on any atom is 0.345 e. The molecule has 1 atom stereocenters. The van der Waals surface area contributed by atoms with Crippen molar-refractivity contribution in [2.75, 3.05) is 13.1 Å². The van der Waals surface area contributed by atoms with Crippen LogP contribution in [0.3, 0.4) is 0 Å². The highest BCUT2D eigenvalue weighted by atomic mass is 16.2. The normalized spacial score (nSPS) is 17.3. The molecule has 1 N–H and O–H groups in total. The number of H-pyrrole nitrogens is 1. The smallest absolute Gasteiger partial charge is 0.340 e. The minimum Gasteiger partial charge on any atom is -0.340 e. The van der Waals surface area contributed by atoms with E-state index in [1.165, 1.54) is 0 Å². The van der Waals surface area contributed by atoms with Crippen molar-refractivity contribution in [3.63, 3.8) is 0 Å². The van der Waals surface area contributed by atoms with Crippen LogP contribution >= 0.6 is 0 Å². The molecule has 1 amide bonds. The van der Waals surface area contributed by atoms with Gasteiger partial charge in [0.2, 0.25) is 5.91 Å². The molecule has 2 aromatic rings. The molecule has 0 radical (unpaired) electrons. The lowest BCUT2D eigenvalue weighted by Crippen LogP contribution is -2.30. The quantitative estimate of drug-likeness (QED) is 0.914. The van der Waals surface area contributed by atoms with Gasteiger partial charge in [-0.25, -0.2) is 4.79 Å². The van der Waals surface area contributed by atoms with Crippen molar-refractivity contribution in [2.45, 2.75) is 53.0 Å². The number of hydrogen-bond acceptors (Lipinski definition) is 4. The number of aromatic amines is 1. The van der Waals surface area contributed by atoms with Gasteiger partial charge < -0.3 is 9.88 Å². The van der Waals surface area contributed by atoms with Gasteiger partial charge >= 0.3 is 5.69 Å². The van der Waals surface area contributed by atoms with Gasteiger partial charge in [0.25, 0.3) is 0 Å². The van der Waals surface area contributed by atoms with E-state index in [4.69, 9.17) is 0 Å². The molecule has 0 spiro atoms. The Bertz CT molecular complexity index is 825. The van der Waals surface area contributed by atoms with Gasteiger partial charge in [0.1, 0.15) is 0 Å². The third-order valence-electron chi connectivity index (χ3n) is 4.95. The Kier molecular flexibility index (Phi) is 4.74. The van der Waals surface area contributed by atoms with Crippen LogP contribution in [0.1, 0.15) is 47.2 Å². The largest absolute Gasteiger partial charge is 0.345 e. The van der Waals surface area contributed by atoms with Crippen LogP contribution in [0.5, 0.6) is 0 Å². The number of carbonyl (C=O) groups excluding carboxylic acids is 1. The molecule has 25 heavy (non-hydrogen) atoms. The van der Waals surface area contributed by atoms with Crippen LogP contribution in [-0.4, -0.2) is 43.6 Å². The van der Waals surface area contributed by atoms with Crippen LogP contribution in [0, 0.1) is 27.7 Å². The van der Waals surface area contributed by atoms with Gasteiger partial charge in [0, 0.05) is 36.6 Å². The van der Waals surface area contributed by atoms with E-state index in [9.17, 15) is 9.59 Å². The predicted molar refractivity (Wildman–Crippen MR) is 94.6 cm³/mol. The Morgan fingerprint density at radius 1 is 1.32 bits per heavy atom. The number of likely N-dealkylation sites (tertiary alicyclic amines) is 1. The lowest BCUT2D eigenvalue weighted by molar-refractivity contribution is -0.130. The molecule has 0 bridgehead atoms. The van der Waals surface area contributed by atoms with Crippen molar-refractivity contribution in [3.8, 4) is 0 Å². The van der Waals surface area contributed by atoms with Crippen molar-refractivity contribution < 1.29 is 4.79 Å². The van der Waals surface area contributed by atoms with E-state index in [2.05, 4.69) is 28.1 Å². The van der Waals surface area contributed by atoms with E-state index in [0.29, 0.717) is 25.1 Å². The number of rotatable bonds is 4. The number of nitrogens with zero attached hydrogens (tertiary/aromatic N) is 4. The second-order valence-corrected chi connectivity index (χ2v) is 6.88. The van der Waals surface area contributed by atoms with Gasteiger partial charge in [-0.15, -0.1) is 0 Å². The Balaban J connectivity index is 1.62. The summed E-state index contributed by atoms with van der Waals surface area (Å²) >= 11 is 0. The van der Waals surface area contributed by atoms with E-state index < -0.39 is 0 Å². The van der Waals surface area contributed by atoms with Gasteiger partial charge in [-0.1, -0.05) is 0 Å². The molecule has 1 aliphatic rings. The molecular formula is C18H25N5O2. The number of hydrogen-bond donors (Lipinski definition) is 1. The van der Waals surface area contributed by atoms with Crippen LogP contribution in [0.15, 0.2) is 10.9 Å². The zero-order valence-corrected chi connectivity index (χ0v) is 15.3. The van der Waals surface area contributed by atoms with E-state index in [1.54, 1.807) is 0 Å². The summed E-state index contributed by atoms with van der Waals surface area (Å²) in [4.78, 5) is 32.5.